The molecule has 3 aromatic carbocycles. The topological polar surface area (TPSA) is 92.4 Å². The zero-order valence-electron chi connectivity index (χ0n) is 16.7. The molecule has 0 aliphatic rings. The molecule has 0 saturated carbocycles. The van der Waals surface area contributed by atoms with Crippen molar-refractivity contribution >= 4 is 50.0 Å². The van der Waals surface area contributed by atoms with Crippen molar-refractivity contribution in [1.29, 1.82) is 0 Å². The second-order valence-corrected chi connectivity index (χ2v) is 7.59. The summed E-state index contributed by atoms with van der Waals surface area (Å²) in [5.74, 6) is 0.533. The average Bonchev–Trinajstić information content (AvgIpc) is 3.17. The van der Waals surface area contributed by atoms with Crippen molar-refractivity contribution in [3.8, 4) is 5.75 Å². The predicted molar refractivity (Wildman–Crippen MR) is 124 cm³/mol. The first-order chi connectivity index (χ1) is 15.1. The van der Waals surface area contributed by atoms with Gasteiger partial charge in [0.2, 0.25) is 0 Å². The summed E-state index contributed by atoms with van der Waals surface area (Å²) in [6.07, 6.45) is 0. The molecule has 0 aliphatic heterocycles. The van der Waals surface area contributed by atoms with Gasteiger partial charge in [0.15, 0.2) is 5.13 Å². The lowest BCUT2D eigenvalue weighted by molar-refractivity contribution is 0.102. The first kappa shape index (κ1) is 20.4. The van der Waals surface area contributed by atoms with Gasteiger partial charge in [0, 0.05) is 16.9 Å². The van der Waals surface area contributed by atoms with Crippen LogP contribution >= 0.6 is 11.3 Å². The molecular weight excluding hydrogens is 412 g/mol. The molecule has 156 valence electrons. The zero-order chi connectivity index (χ0) is 21.6. The van der Waals surface area contributed by atoms with Crippen LogP contribution in [0.3, 0.4) is 0 Å². The maximum Gasteiger partial charge on any atom is 0.323 e. The number of nitrogens with zero attached hydrogens (tertiary/aromatic N) is 1. The summed E-state index contributed by atoms with van der Waals surface area (Å²) in [7, 11) is 0. The third-order valence-corrected chi connectivity index (χ3v) is 5.28. The summed E-state index contributed by atoms with van der Waals surface area (Å²) in [5, 5.41) is 8.88. The Bertz CT molecular complexity index is 1210. The van der Waals surface area contributed by atoms with Gasteiger partial charge < -0.3 is 15.4 Å². The minimum atomic E-state index is -0.364. The van der Waals surface area contributed by atoms with E-state index in [0.717, 1.165) is 10.4 Å². The first-order valence-electron chi connectivity index (χ1n) is 9.68. The molecule has 0 radical (unpaired) electrons. The molecule has 1 heterocycles. The Labute approximate surface area is 183 Å². The Balaban J connectivity index is 1.40. The summed E-state index contributed by atoms with van der Waals surface area (Å²) >= 11 is 1.37. The molecule has 3 amide bonds. The van der Waals surface area contributed by atoms with Crippen molar-refractivity contribution in [1.82, 2.24) is 4.98 Å². The molecule has 31 heavy (non-hydrogen) atoms. The lowest BCUT2D eigenvalue weighted by atomic mass is 10.2. The fraction of sp³-hybridized carbons (Fsp3) is 0.0870. The van der Waals surface area contributed by atoms with E-state index in [1.807, 2.05) is 31.2 Å². The van der Waals surface area contributed by atoms with E-state index in [-0.39, 0.29) is 11.9 Å². The molecule has 0 fully saturated rings. The number of hydrogen-bond acceptors (Lipinski definition) is 5. The number of rotatable bonds is 6. The van der Waals surface area contributed by atoms with Gasteiger partial charge in [-0.05, 0) is 61.5 Å². The minimum absolute atomic E-state index is 0.215. The largest absolute Gasteiger partial charge is 0.494 e. The summed E-state index contributed by atoms with van der Waals surface area (Å²) in [5.41, 5.74) is 2.51. The SMILES string of the molecule is CCOc1ccc(NC(=O)Nc2ccc3sc(NC(=O)c4ccccc4)nc3c2)cc1. The number of carbonyl (C=O) groups is 2. The number of carbonyl (C=O) groups excluding carboxylic acids is 2. The predicted octanol–water partition coefficient (Wildman–Crippen LogP) is 5.59. The van der Waals surface area contributed by atoms with Gasteiger partial charge in [0.25, 0.3) is 5.91 Å². The fourth-order valence-corrected chi connectivity index (χ4v) is 3.75. The summed E-state index contributed by atoms with van der Waals surface area (Å²) in [6, 6.07) is 21.2. The van der Waals surface area contributed by atoms with E-state index in [2.05, 4.69) is 20.9 Å². The monoisotopic (exact) mass is 432 g/mol. The number of nitrogens with one attached hydrogen (secondary N) is 3. The van der Waals surface area contributed by atoms with Crippen LogP contribution in [-0.2, 0) is 0 Å². The summed E-state index contributed by atoms with van der Waals surface area (Å²) < 4.78 is 6.30. The second kappa shape index (κ2) is 9.27. The maximum absolute atomic E-state index is 12.3. The highest BCUT2D eigenvalue weighted by Gasteiger charge is 2.11. The van der Waals surface area contributed by atoms with Crippen LogP contribution in [-0.4, -0.2) is 23.5 Å². The maximum atomic E-state index is 12.3. The van der Waals surface area contributed by atoms with Crippen LogP contribution in [0, 0.1) is 0 Å². The number of anilines is 3. The third kappa shape index (κ3) is 5.18. The van der Waals surface area contributed by atoms with E-state index in [4.69, 9.17) is 4.74 Å². The summed E-state index contributed by atoms with van der Waals surface area (Å²) in [4.78, 5) is 29.1. The number of hydrogen-bond donors (Lipinski definition) is 3. The molecule has 0 aliphatic carbocycles. The molecule has 0 bridgehead atoms. The molecular formula is C23H20N4O3S. The molecule has 0 unspecified atom stereocenters. The van der Waals surface area contributed by atoms with E-state index < -0.39 is 0 Å². The number of benzene rings is 3. The minimum Gasteiger partial charge on any atom is -0.494 e. The van der Waals surface area contributed by atoms with Gasteiger partial charge in [-0.25, -0.2) is 9.78 Å². The number of aromatic nitrogens is 1. The number of thiazole rings is 1. The van der Waals surface area contributed by atoms with Crippen LogP contribution in [0.25, 0.3) is 10.2 Å². The molecule has 0 spiro atoms. The van der Waals surface area contributed by atoms with E-state index >= 15 is 0 Å². The van der Waals surface area contributed by atoms with Crippen molar-refractivity contribution in [2.75, 3.05) is 22.6 Å². The number of urea groups is 1. The number of fused-ring (bicyclic) bond motifs is 1. The van der Waals surface area contributed by atoms with Crippen molar-refractivity contribution in [2.45, 2.75) is 6.92 Å². The fourth-order valence-electron chi connectivity index (χ4n) is 2.91. The standard InChI is InChI=1S/C23H20N4O3S/c1-2-30-18-11-8-16(9-12-18)24-22(29)25-17-10-13-20-19(14-17)26-23(31-20)27-21(28)15-6-4-3-5-7-15/h3-14H,2H2,1H3,(H2,24,25,29)(H,26,27,28). The van der Waals surface area contributed by atoms with Crippen molar-refractivity contribution in [2.24, 2.45) is 0 Å². The van der Waals surface area contributed by atoms with Crippen LogP contribution < -0.4 is 20.7 Å². The van der Waals surface area contributed by atoms with Gasteiger partial charge in [-0.15, -0.1) is 0 Å². The normalized spacial score (nSPS) is 10.5. The molecule has 4 rings (SSSR count). The van der Waals surface area contributed by atoms with Gasteiger partial charge in [-0.2, -0.15) is 0 Å². The second-order valence-electron chi connectivity index (χ2n) is 6.56. The Morgan fingerprint density at radius 3 is 2.35 bits per heavy atom. The van der Waals surface area contributed by atoms with Gasteiger partial charge >= 0.3 is 6.03 Å². The Morgan fingerprint density at radius 2 is 1.61 bits per heavy atom. The summed E-state index contributed by atoms with van der Waals surface area (Å²) in [6.45, 7) is 2.50. The Kier molecular flexibility index (Phi) is 6.09. The van der Waals surface area contributed by atoms with Crippen molar-refractivity contribution < 1.29 is 14.3 Å². The highest BCUT2D eigenvalue weighted by Crippen LogP contribution is 2.28. The highest BCUT2D eigenvalue weighted by atomic mass is 32.1. The number of amides is 3. The van der Waals surface area contributed by atoms with Gasteiger partial charge in [-0.3, -0.25) is 10.1 Å². The smallest absolute Gasteiger partial charge is 0.323 e. The lowest BCUT2D eigenvalue weighted by Gasteiger charge is -2.08. The molecule has 7 nitrogen and oxygen atoms in total. The van der Waals surface area contributed by atoms with Gasteiger partial charge in [0.05, 0.1) is 16.8 Å². The Hall–Kier alpha value is -3.91. The van der Waals surface area contributed by atoms with Gasteiger partial charge in [-0.1, -0.05) is 29.5 Å². The van der Waals surface area contributed by atoms with E-state index in [0.29, 0.717) is 34.2 Å². The average molecular weight is 433 g/mol. The van der Waals surface area contributed by atoms with Crippen LogP contribution in [0.1, 0.15) is 17.3 Å². The van der Waals surface area contributed by atoms with Crippen LogP contribution in [0.2, 0.25) is 0 Å². The molecule has 3 N–H and O–H groups in total. The third-order valence-electron chi connectivity index (χ3n) is 4.33. The van der Waals surface area contributed by atoms with E-state index in [1.54, 1.807) is 48.5 Å². The quantitative estimate of drug-likeness (QED) is 0.370. The van der Waals surface area contributed by atoms with Crippen molar-refractivity contribution in [3.05, 3.63) is 78.4 Å². The van der Waals surface area contributed by atoms with Crippen molar-refractivity contribution in [3.63, 3.8) is 0 Å². The van der Waals surface area contributed by atoms with Gasteiger partial charge in [0.1, 0.15) is 5.75 Å². The molecule has 1 aromatic heterocycles. The molecule has 4 aromatic rings. The zero-order valence-corrected chi connectivity index (χ0v) is 17.5. The molecule has 8 heteroatoms. The highest BCUT2D eigenvalue weighted by molar-refractivity contribution is 7.22. The van der Waals surface area contributed by atoms with Crippen LogP contribution in [0.15, 0.2) is 72.8 Å². The van der Waals surface area contributed by atoms with E-state index in [1.165, 1.54) is 11.3 Å². The van der Waals surface area contributed by atoms with Crippen LogP contribution in [0.4, 0.5) is 21.3 Å². The number of ether oxygens (including phenoxy) is 1. The molecule has 0 atom stereocenters. The Morgan fingerprint density at radius 1 is 0.903 bits per heavy atom. The van der Waals surface area contributed by atoms with E-state index in [9.17, 15) is 9.59 Å². The first-order valence-corrected chi connectivity index (χ1v) is 10.5. The lowest BCUT2D eigenvalue weighted by Crippen LogP contribution is -2.19. The molecule has 0 saturated heterocycles. The van der Waals surface area contributed by atoms with Crippen LogP contribution in [0.5, 0.6) is 5.75 Å².